The molecule has 164 valence electrons. The molecule has 5 rings (SSSR count). The molecule has 3 aromatic rings. The minimum absolute atomic E-state index is 0.0723. The van der Waals surface area contributed by atoms with Gasteiger partial charge in [0.05, 0.1) is 17.1 Å². The van der Waals surface area contributed by atoms with Crippen LogP contribution < -0.4 is 10.1 Å². The molecule has 0 spiro atoms. The van der Waals surface area contributed by atoms with Crippen molar-refractivity contribution in [3.05, 3.63) is 69.7 Å². The van der Waals surface area contributed by atoms with Gasteiger partial charge in [0.25, 0.3) is 0 Å². The molecule has 5 heteroatoms. The highest BCUT2D eigenvalue weighted by Gasteiger charge is 2.41. The Balaban J connectivity index is 1.77. The molecule has 2 aliphatic rings. The number of nitrogens with one attached hydrogen (secondary N) is 1. The normalized spacial score (nSPS) is 19.4. The van der Waals surface area contributed by atoms with E-state index in [2.05, 4.69) is 65.4 Å². The minimum atomic E-state index is -0.307. The van der Waals surface area contributed by atoms with Crippen molar-refractivity contribution in [2.45, 2.75) is 39.7 Å². The molecule has 0 aromatic heterocycles. The van der Waals surface area contributed by atoms with E-state index >= 15 is 0 Å². The van der Waals surface area contributed by atoms with Crippen molar-refractivity contribution in [2.75, 3.05) is 11.9 Å². The second-order valence-corrected chi connectivity index (χ2v) is 10.3. The number of halogens is 1. The van der Waals surface area contributed by atoms with Crippen molar-refractivity contribution in [3.63, 3.8) is 0 Å². The molecule has 1 aliphatic carbocycles. The molecule has 0 bridgehead atoms. The number of Topliss-reactive ketones (excluding diaryl/α,β-unsaturated/α-hetero) is 1. The van der Waals surface area contributed by atoms with Crippen LogP contribution in [0.5, 0.6) is 11.5 Å². The third kappa shape index (κ3) is 3.39. The first-order valence-corrected chi connectivity index (χ1v) is 11.8. The molecule has 0 saturated heterocycles. The summed E-state index contributed by atoms with van der Waals surface area (Å²) in [7, 11) is 0. The maximum atomic E-state index is 13.5. The summed E-state index contributed by atoms with van der Waals surface area (Å²) < 4.78 is 6.21. The highest BCUT2D eigenvalue weighted by molar-refractivity contribution is 9.10. The molecule has 0 saturated carbocycles. The van der Waals surface area contributed by atoms with Crippen LogP contribution in [0.25, 0.3) is 16.3 Å². The largest absolute Gasteiger partial charge is 0.503 e. The van der Waals surface area contributed by atoms with Crippen molar-refractivity contribution in [1.29, 1.82) is 0 Å². The van der Waals surface area contributed by atoms with Crippen LogP contribution in [0.2, 0.25) is 0 Å². The summed E-state index contributed by atoms with van der Waals surface area (Å²) >= 11 is 3.46. The lowest BCUT2D eigenvalue weighted by Gasteiger charge is -2.40. The fraction of sp³-hybridized carbons (Fsp3) is 0.296. The third-order valence-electron chi connectivity index (χ3n) is 6.42. The van der Waals surface area contributed by atoms with Gasteiger partial charge in [0, 0.05) is 23.2 Å². The van der Waals surface area contributed by atoms with Gasteiger partial charge in [0.1, 0.15) is 0 Å². The first-order valence-electron chi connectivity index (χ1n) is 11.0. The first-order chi connectivity index (χ1) is 15.3. The van der Waals surface area contributed by atoms with Gasteiger partial charge in [-0.3, -0.25) is 4.79 Å². The Kier molecular flexibility index (Phi) is 5.05. The summed E-state index contributed by atoms with van der Waals surface area (Å²) in [6, 6.07) is 16.0. The SMILES string of the molecule is CCOc1cc(C2Nc3ccc4ccccc4c3C3=C2C(=O)CC(C)(C)C3)cc(Br)c1O. The molecule has 1 unspecified atom stereocenters. The smallest absolute Gasteiger partial charge is 0.172 e. The van der Waals surface area contributed by atoms with Gasteiger partial charge in [-0.1, -0.05) is 44.2 Å². The second kappa shape index (κ2) is 7.66. The molecule has 1 aliphatic heterocycles. The number of carbonyl (C=O) groups is 1. The van der Waals surface area contributed by atoms with Crippen LogP contribution in [0.4, 0.5) is 5.69 Å². The van der Waals surface area contributed by atoms with Gasteiger partial charge in [-0.2, -0.15) is 0 Å². The number of rotatable bonds is 3. The van der Waals surface area contributed by atoms with E-state index in [-0.39, 0.29) is 23.0 Å². The number of aromatic hydroxyl groups is 1. The number of benzene rings is 3. The molecule has 1 atom stereocenters. The zero-order valence-corrected chi connectivity index (χ0v) is 20.0. The second-order valence-electron chi connectivity index (χ2n) is 9.40. The minimum Gasteiger partial charge on any atom is -0.503 e. The number of carbonyl (C=O) groups excluding carboxylic acids is 1. The lowest BCUT2D eigenvalue weighted by Crippen LogP contribution is -2.33. The number of phenolic OH excluding ortho intramolecular Hbond substituents is 1. The molecule has 0 radical (unpaired) electrons. The number of phenols is 1. The quantitative estimate of drug-likeness (QED) is 0.413. The fourth-order valence-corrected chi connectivity index (χ4v) is 5.57. The number of ketones is 1. The monoisotopic (exact) mass is 491 g/mol. The lowest BCUT2D eigenvalue weighted by molar-refractivity contribution is -0.118. The highest BCUT2D eigenvalue weighted by atomic mass is 79.9. The average molecular weight is 492 g/mol. The van der Waals surface area contributed by atoms with Crippen LogP contribution in [0.3, 0.4) is 0 Å². The van der Waals surface area contributed by atoms with Crippen LogP contribution in [0.15, 0.2) is 58.6 Å². The summed E-state index contributed by atoms with van der Waals surface area (Å²) in [5, 5.41) is 16.4. The zero-order valence-electron chi connectivity index (χ0n) is 18.5. The molecule has 1 heterocycles. The molecule has 3 aromatic carbocycles. The van der Waals surface area contributed by atoms with E-state index in [1.807, 2.05) is 25.1 Å². The maximum absolute atomic E-state index is 13.5. The van der Waals surface area contributed by atoms with E-state index < -0.39 is 0 Å². The number of fused-ring (bicyclic) bond motifs is 4. The van der Waals surface area contributed by atoms with E-state index in [0.29, 0.717) is 23.2 Å². The third-order valence-corrected chi connectivity index (χ3v) is 7.03. The van der Waals surface area contributed by atoms with Crippen molar-refractivity contribution < 1.29 is 14.6 Å². The van der Waals surface area contributed by atoms with Crippen LogP contribution >= 0.6 is 15.9 Å². The van der Waals surface area contributed by atoms with E-state index in [4.69, 9.17) is 4.74 Å². The number of ether oxygens (including phenoxy) is 1. The van der Waals surface area contributed by atoms with E-state index in [1.54, 1.807) is 0 Å². The van der Waals surface area contributed by atoms with Crippen LogP contribution in [-0.2, 0) is 4.79 Å². The van der Waals surface area contributed by atoms with Gasteiger partial charge in [-0.25, -0.2) is 0 Å². The highest BCUT2D eigenvalue weighted by Crippen LogP contribution is 2.52. The van der Waals surface area contributed by atoms with Gasteiger partial charge in [-0.05, 0) is 74.8 Å². The Labute approximate surface area is 196 Å². The summed E-state index contributed by atoms with van der Waals surface area (Å²) in [5.74, 6) is 0.659. The Morgan fingerprint density at radius 2 is 1.94 bits per heavy atom. The van der Waals surface area contributed by atoms with Crippen LogP contribution in [0, 0.1) is 5.41 Å². The average Bonchev–Trinajstić information content (AvgIpc) is 2.75. The Morgan fingerprint density at radius 1 is 1.16 bits per heavy atom. The van der Waals surface area contributed by atoms with Crippen molar-refractivity contribution >= 4 is 43.7 Å². The van der Waals surface area contributed by atoms with Gasteiger partial charge >= 0.3 is 0 Å². The Bertz CT molecular complexity index is 1290. The number of hydrogen-bond acceptors (Lipinski definition) is 4. The predicted molar refractivity (Wildman–Crippen MR) is 132 cm³/mol. The van der Waals surface area contributed by atoms with E-state index in [9.17, 15) is 9.90 Å². The first kappa shape index (κ1) is 21.1. The van der Waals surface area contributed by atoms with Crippen LogP contribution in [0.1, 0.15) is 50.8 Å². The molecule has 0 fully saturated rings. The standard InChI is InChI=1S/C27H26BrNO3/c1-4-32-22-12-16(11-19(28)26(22)31)25-24-18(13-27(2,3)14-21(24)30)23-17-8-6-5-7-15(17)9-10-20(23)29-25/h5-12,25,29,31H,4,13-14H2,1-3H3. The Morgan fingerprint density at radius 3 is 2.72 bits per heavy atom. The molecule has 32 heavy (non-hydrogen) atoms. The summed E-state index contributed by atoms with van der Waals surface area (Å²) in [6.45, 7) is 6.66. The molecular weight excluding hydrogens is 466 g/mol. The molecule has 2 N–H and O–H groups in total. The predicted octanol–water partition coefficient (Wildman–Crippen LogP) is 7.02. The van der Waals surface area contributed by atoms with Gasteiger partial charge < -0.3 is 15.2 Å². The van der Waals surface area contributed by atoms with Crippen molar-refractivity contribution in [1.82, 2.24) is 0 Å². The summed E-state index contributed by atoms with van der Waals surface area (Å²) in [5.41, 5.74) is 4.91. The van der Waals surface area contributed by atoms with Crippen molar-refractivity contribution in [2.24, 2.45) is 5.41 Å². The molecular formula is C27H26BrNO3. The summed E-state index contributed by atoms with van der Waals surface area (Å²) in [4.78, 5) is 13.5. The zero-order chi connectivity index (χ0) is 22.6. The Hall–Kier alpha value is -2.79. The van der Waals surface area contributed by atoms with E-state index in [1.165, 1.54) is 5.39 Å². The van der Waals surface area contributed by atoms with Crippen LogP contribution in [-0.4, -0.2) is 17.5 Å². The van der Waals surface area contributed by atoms with Gasteiger partial charge in [0.2, 0.25) is 0 Å². The fourth-order valence-electron chi connectivity index (χ4n) is 5.11. The van der Waals surface area contributed by atoms with E-state index in [0.717, 1.165) is 39.8 Å². The topological polar surface area (TPSA) is 58.6 Å². The lowest BCUT2D eigenvalue weighted by atomic mass is 9.68. The van der Waals surface area contributed by atoms with Gasteiger partial charge in [-0.15, -0.1) is 0 Å². The van der Waals surface area contributed by atoms with Crippen molar-refractivity contribution in [3.8, 4) is 11.5 Å². The molecule has 4 nitrogen and oxygen atoms in total. The number of hydrogen-bond donors (Lipinski definition) is 2. The summed E-state index contributed by atoms with van der Waals surface area (Å²) in [6.07, 6.45) is 1.35. The number of allylic oxidation sites excluding steroid dienone is 1. The maximum Gasteiger partial charge on any atom is 0.172 e. The number of anilines is 1. The van der Waals surface area contributed by atoms with Gasteiger partial charge in [0.15, 0.2) is 17.3 Å². The molecule has 0 amide bonds.